The van der Waals surface area contributed by atoms with Gasteiger partial charge >= 0.3 is 0 Å². The summed E-state index contributed by atoms with van der Waals surface area (Å²) in [5, 5.41) is 12.9. The molecule has 96 valence electrons. The van der Waals surface area contributed by atoms with Gasteiger partial charge in [-0.1, -0.05) is 6.07 Å². The minimum absolute atomic E-state index is 0.247. The van der Waals surface area contributed by atoms with Gasteiger partial charge in [0.05, 0.1) is 6.33 Å². The fourth-order valence-corrected chi connectivity index (χ4v) is 1.80. The largest absolute Gasteiger partial charge is 0.508 e. The van der Waals surface area contributed by atoms with Gasteiger partial charge in [0.1, 0.15) is 5.75 Å². The molecule has 0 aliphatic carbocycles. The predicted molar refractivity (Wildman–Crippen MR) is 71.1 cm³/mol. The van der Waals surface area contributed by atoms with Crippen molar-refractivity contribution in [3.63, 3.8) is 0 Å². The van der Waals surface area contributed by atoms with Gasteiger partial charge in [-0.2, -0.15) is 0 Å². The third-order valence-electron chi connectivity index (χ3n) is 2.82. The lowest BCUT2D eigenvalue weighted by molar-refractivity contribution is 0.464. The van der Waals surface area contributed by atoms with E-state index in [0.29, 0.717) is 12.2 Å². The van der Waals surface area contributed by atoms with Crippen molar-refractivity contribution in [3.8, 4) is 5.75 Å². The van der Waals surface area contributed by atoms with E-state index >= 15 is 0 Å². The fourth-order valence-electron chi connectivity index (χ4n) is 1.80. The highest BCUT2D eigenvalue weighted by molar-refractivity contribution is 5.53. The molecule has 0 saturated heterocycles. The smallest absolute Gasteiger partial charge is 0.122 e. The highest BCUT2D eigenvalue weighted by Gasteiger charge is 2.03. The maximum atomic E-state index is 9.67. The molecule has 1 aromatic heterocycles. The summed E-state index contributed by atoms with van der Waals surface area (Å²) >= 11 is 0. The molecule has 0 aliphatic rings. The number of rotatable bonds is 6. The van der Waals surface area contributed by atoms with Crippen molar-refractivity contribution in [3.05, 3.63) is 42.5 Å². The van der Waals surface area contributed by atoms with Crippen molar-refractivity contribution < 1.29 is 5.11 Å². The number of phenols is 1. The van der Waals surface area contributed by atoms with Gasteiger partial charge in [-0.05, 0) is 25.1 Å². The van der Waals surface area contributed by atoms with E-state index < -0.39 is 0 Å². The van der Waals surface area contributed by atoms with Crippen LogP contribution in [0.25, 0.3) is 0 Å². The van der Waals surface area contributed by atoms with Crippen molar-refractivity contribution in [1.82, 2.24) is 14.9 Å². The van der Waals surface area contributed by atoms with Crippen molar-refractivity contribution in [2.75, 3.05) is 12.3 Å². The van der Waals surface area contributed by atoms with E-state index in [9.17, 15) is 5.11 Å². The van der Waals surface area contributed by atoms with E-state index in [-0.39, 0.29) is 5.75 Å². The molecule has 4 N–H and O–H groups in total. The number of aryl methyl sites for hydroxylation is 1. The van der Waals surface area contributed by atoms with E-state index in [4.69, 9.17) is 5.73 Å². The number of imidazole rings is 1. The van der Waals surface area contributed by atoms with Gasteiger partial charge in [-0.15, -0.1) is 0 Å². The number of aromatic nitrogens is 2. The molecule has 0 amide bonds. The normalized spacial score (nSPS) is 10.7. The lowest BCUT2D eigenvalue weighted by Crippen LogP contribution is -2.17. The van der Waals surface area contributed by atoms with E-state index in [1.54, 1.807) is 30.7 Å². The number of nitrogen functional groups attached to an aromatic ring is 1. The first kappa shape index (κ1) is 12.4. The van der Waals surface area contributed by atoms with Gasteiger partial charge in [0, 0.05) is 36.7 Å². The Hall–Kier alpha value is -2.01. The van der Waals surface area contributed by atoms with E-state index in [2.05, 4.69) is 10.3 Å². The molecule has 0 bridgehead atoms. The summed E-state index contributed by atoms with van der Waals surface area (Å²) in [6.07, 6.45) is 6.53. The maximum absolute atomic E-state index is 9.67. The van der Waals surface area contributed by atoms with Gasteiger partial charge < -0.3 is 20.7 Å². The Bertz CT molecular complexity index is 461. The second-order valence-corrected chi connectivity index (χ2v) is 4.18. The lowest BCUT2D eigenvalue weighted by atomic mass is 10.1. The number of phenolic OH excluding ortho intramolecular Hbond substituents is 1. The van der Waals surface area contributed by atoms with Crippen LogP contribution in [-0.2, 0) is 13.1 Å². The van der Waals surface area contributed by atoms with Crippen molar-refractivity contribution in [2.24, 2.45) is 0 Å². The molecule has 0 aliphatic heterocycles. The zero-order chi connectivity index (χ0) is 12.8. The van der Waals surface area contributed by atoms with Crippen molar-refractivity contribution in [1.29, 1.82) is 0 Å². The Morgan fingerprint density at radius 3 is 3.00 bits per heavy atom. The van der Waals surface area contributed by atoms with Crippen LogP contribution >= 0.6 is 0 Å². The molecule has 0 atom stereocenters. The topological polar surface area (TPSA) is 76.1 Å². The third kappa shape index (κ3) is 3.24. The first-order valence-electron chi connectivity index (χ1n) is 6.00. The second-order valence-electron chi connectivity index (χ2n) is 4.18. The first-order valence-corrected chi connectivity index (χ1v) is 6.00. The Morgan fingerprint density at radius 1 is 1.39 bits per heavy atom. The summed E-state index contributed by atoms with van der Waals surface area (Å²) < 4.78 is 2.04. The van der Waals surface area contributed by atoms with Gasteiger partial charge in [0.2, 0.25) is 0 Å². The summed E-state index contributed by atoms with van der Waals surface area (Å²) in [5.74, 6) is 0.247. The standard InChI is InChI=1S/C13H18N4O/c14-12-3-1-4-13(18)11(12)9-15-5-2-7-17-8-6-16-10-17/h1,3-4,6,8,10,15,18H,2,5,7,9,14H2. The van der Waals surface area contributed by atoms with E-state index in [1.807, 2.05) is 10.8 Å². The van der Waals surface area contributed by atoms with Crippen LogP contribution in [0.3, 0.4) is 0 Å². The predicted octanol–water partition coefficient (Wildman–Crippen LogP) is 1.35. The molecule has 2 rings (SSSR count). The molecule has 0 spiro atoms. The number of aromatic hydroxyl groups is 1. The zero-order valence-corrected chi connectivity index (χ0v) is 10.2. The number of benzene rings is 1. The second kappa shape index (κ2) is 6.07. The Kier molecular flexibility index (Phi) is 4.20. The van der Waals surface area contributed by atoms with Gasteiger partial charge in [0.25, 0.3) is 0 Å². The Balaban J connectivity index is 1.72. The highest BCUT2D eigenvalue weighted by atomic mass is 16.3. The van der Waals surface area contributed by atoms with Crippen LogP contribution in [0.4, 0.5) is 5.69 Å². The number of nitrogens with zero attached hydrogens (tertiary/aromatic N) is 2. The molecule has 18 heavy (non-hydrogen) atoms. The van der Waals surface area contributed by atoms with Crippen LogP contribution in [-0.4, -0.2) is 21.2 Å². The summed E-state index contributed by atoms with van der Waals surface area (Å²) in [7, 11) is 0. The Labute approximate surface area is 106 Å². The molecule has 5 nitrogen and oxygen atoms in total. The van der Waals surface area contributed by atoms with Crippen molar-refractivity contribution >= 4 is 5.69 Å². The van der Waals surface area contributed by atoms with E-state index in [0.717, 1.165) is 25.1 Å². The molecular weight excluding hydrogens is 228 g/mol. The monoisotopic (exact) mass is 246 g/mol. The van der Waals surface area contributed by atoms with Crippen LogP contribution in [0.15, 0.2) is 36.9 Å². The molecule has 5 heteroatoms. The average molecular weight is 246 g/mol. The van der Waals surface area contributed by atoms with Crippen molar-refractivity contribution in [2.45, 2.75) is 19.5 Å². The quantitative estimate of drug-likeness (QED) is 0.531. The summed E-state index contributed by atoms with van der Waals surface area (Å²) in [6.45, 7) is 2.39. The number of nitrogens with one attached hydrogen (secondary N) is 1. The van der Waals surface area contributed by atoms with Crippen LogP contribution in [0, 0.1) is 0 Å². The number of nitrogens with two attached hydrogens (primary N) is 1. The minimum Gasteiger partial charge on any atom is -0.508 e. The van der Waals surface area contributed by atoms with Gasteiger partial charge in [-0.3, -0.25) is 0 Å². The van der Waals surface area contributed by atoms with Crippen LogP contribution in [0.1, 0.15) is 12.0 Å². The van der Waals surface area contributed by atoms with E-state index in [1.165, 1.54) is 0 Å². The molecule has 0 unspecified atom stereocenters. The number of hydrogen-bond donors (Lipinski definition) is 3. The molecular formula is C13H18N4O. The summed E-state index contributed by atoms with van der Waals surface area (Å²) in [4.78, 5) is 3.98. The van der Waals surface area contributed by atoms with Crippen LogP contribution < -0.4 is 11.1 Å². The summed E-state index contributed by atoms with van der Waals surface area (Å²) in [6, 6.07) is 5.19. The maximum Gasteiger partial charge on any atom is 0.122 e. The minimum atomic E-state index is 0.247. The fraction of sp³-hybridized carbons (Fsp3) is 0.308. The average Bonchev–Trinajstić information content (AvgIpc) is 2.85. The highest BCUT2D eigenvalue weighted by Crippen LogP contribution is 2.22. The molecule has 0 fully saturated rings. The molecule has 0 saturated carbocycles. The van der Waals surface area contributed by atoms with Gasteiger partial charge in [-0.25, -0.2) is 4.98 Å². The first-order chi connectivity index (χ1) is 8.77. The lowest BCUT2D eigenvalue weighted by Gasteiger charge is -2.09. The SMILES string of the molecule is Nc1cccc(O)c1CNCCCn1ccnc1. The van der Waals surface area contributed by atoms with Crippen LogP contribution in [0.5, 0.6) is 5.75 Å². The van der Waals surface area contributed by atoms with Gasteiger partial charge in [0.15, 0.2) is 0 Å². The summed E-state index contributed by atoms with van der Waals surface area (Å²) in [5.41, 5.74) is 7.19. The molecule has 2 aromatic rings. The zero-order valence-electron chi connectivity index (χ0n) is 10.2. The number of hydrogen-bond acceptors (Lipinski definition) is 4. The van der Waals surface area contributed by atoms with Crippen LogP contribution in [0.2, 0.25) is 0 Å². The third-order valence-corrected chi connectivity index (χ3v) is 2.82. The molecule has 0 radical (unpaired) electrons. The molecule has 1 aromatic carbocycles. The number of anilines is 1. The Morgan fingerprint density at radius 2 is 2.28 bits per heavy atom. The molecule has 1 heterocycles.